The fraction of sp³-hybridized carbons (Fsp3) is 0.500. The Kier molecular flexibility index (Phi) is 14.3. The second-order valence-corrected chi connectivity index (χ2v) is 3.91. The van der Waals surface area contributed by atoms with Gasteiger partial charge in [-0.3, -0.25) is 0 Å². The minimum absolute atomic E-state index is 0.510. The first-order chi connectivity index (χ1) is 10.9. The number of unbranched alkanes of at least 4 members (excludes halogenated alkanes) is 1. The lowest BCUT2D eigenvalue weighted by molar-refractivity contribution is 0.109. The second kappa shape index (κ2) is 15.6. The Bertz CT molecular complexity index is 415. The molecule has 1 aromatic heterocycles. The van der Waals surface area contributed by atoms with E-state index >= 15 is 0 Å². The van der Waals surface area contributed by atoms with Gasteiger partial charge in [-0.25, -0.2) is 0 Å². The van der Waals surface area contributed by atoms with Gasteiger partial charge in [0.1, 0.15) is 17.7 Å². The smallest absolute Gasteiger partial charge is 0.124 e. The molecule has 0 fully saturated rings. The van der Waals surface area contributed by atoms with E-state index in [-0.39, 0.29) is 0 Å². The summed E-state index contributed by atoms with van der Waals surface area (Å²) in [7, 11) is 0. The van der Waals surface area contributed by atoms with E-state index in [0.717, 1.165) is 30.9 Å². The first kappa shape index (κ1) is 20.2. The van der Waals surface area contributed by atoms with Crippen LogP contribution in [-0.4, -0.2) is 18.4 Å². The summed E-state index contributed by atoms with van der Waals surface area (Å²) in [6.45, 7) is 9.94. The number of aromatic nitrogens is 1. The Morgan fingerprint density at radius 1 is 0.909 bits per heavy atom. The molecule has 1 heterocycles. The topological polar surface area (TPSA) is 44.5 Å². The number of rotatable bonds is 8. The van der Waals surface area contributed by atoms with Crippen molar-refractivity contribution in [2.75, 3.05) is 13.2 Å². The van der Waals surface area contributed by atoms with Crippen LogP contribution in [0, 0.1) is 0 Å². The molecule has 0 N–H and O–H groups in total. The highest BCUT2D eigenvalue weighted by atomic mass is 16.5. The van der Waals surface area contributed by atoms with Crippen LogP contribution in [-0.2, 0) is 11.3 Å². The van der Waals surface area contributed by atoms with E-state index in [0.29, 0.717) is 13.2 Å². The lowest BCUT2D eigenvalue weighted by atomic mass is 10.3. The standard InChI is InChI=1S/C14H17NO3.2C2H6/c1-2-6-14(7-3-1)17-10-5-4-9-16-12-13-8-11-18-15-13;2*1-2/h1-3,6-8,11H,4-5,9-10,12H2;2*1-2H3. The van der Waals surface area contributed by atoms with Crippen LogP contribution in [0.4, 0.5) is 0 Å². The van der Waals surface area contributed by atoms with Gasteiger partial charge in [0, 0.05) is 12.7 Å². The molecule has 124 valence electrons. The van der Waals surface area contributed by atoms with Crippen molar-refractivity contribution in [3.63, 3.8) is 0 Å². The van der Waals surface area contributed by atoms with E-state index in [1.54, 1.807) is 12.3 Å². The number of para-hydroxylation sites is 1. The number of hydrogen-bond acceptors (Lipinski definition) is 4. The summed E-state index contributed by atoms with van der Waals surface area (Å²) in [6, 6.07) is 11.6. The van der Waals surface area contributed by atoms with Crippen molar-refractivity contribution in [2.24, 2.45) is 0 Å². The first-order valence-electron chi connectivity index (χ1n) is 8.10. The van der Waals surface area contributed by atoms with Crippen LogP contribution in [0.5, 0.6) is 5.75 Å². The summed E-state index contributed by atoms with van der Waals surface area (Å²) in [4.78, 5) is 0. The molecule has 0 radical (unpaired) electrons. The Labute approximate surface area is 134 Å². The van der Waals surface area contributed by atoms with Crippen molar-refractivity contribution >= 4 is 0 Å². The third-order valence-electron chi connectivity index (χ3n) is 2.44. The van der Waals surface area contributed by atoms with Gasteiger partial charge >= 0.3 is 0 Å². The SMILES string of the molecule is CC.CC.c1ccc(OCCCCOCc2ccon2)cc1. The molecule has 22 heavy (non-hydrogen) atoms. The van der Waals surface area contributed by atoms with Crippen LogP contribution in [0.2, 0.25) is 0 Å². The van der Waals surface area contributed by atoms with E-state index < -0.39 is 0 Å². The van der Waals surface area contributed by atoms with Crippen LogP contribution in [0.1, 0.15) is 46.2 Å². The molecule has 0 saturated carbocycles. The fourth-order valence-electron chi connectivity index (χ4n) is 1.50. The van der Waals surface area contributed by atoms with E-state index in [1.807, 2.05) is 58.0 Å². The van der Waals surface area contributed by atoms with Crippen LogP contribution in [0.15, 0.2) is 47.2 Å². The third-order valence-corrected chi connectivity index (χ3v) is 2.44. The summed E-state index contributed by atoms with van der Waals surface area (Å²) < 4.78 is 15.7. The van der Waals surface area contributed by atoms with E-state index in [9.17, 15) is 0 Å². The van der Waals surface area contributed by atoms with E-state index in [2.05, 4.69) is 5.16 Å². The summed E-state index contributed by atoms with van der Waals surface area (Å²) in [6.07, 6.45) is 3.50. The molecule has 0 aliphatic heterocycles. The van der Waals surface area contributed by atoms with Crippen LogP contribution < -0.4 is 4.74 Å². The summed E-state index contributed by atoms with van der Waals surface area (Å²) in [5.41, 5.74) is 0.829. The minimum atomic E-state index is 0.510. The van der Waals surface area contributed by atoms with Crippen molar-refractivity contribution in [1.82, 2.24) is 5.16 Å². The van der Waals surface area contributed by atoms with Gasteiger partial charge in [-0.05, 0) is 25.0 Å². The molecular weight excluding hydrogens is 278 g/mol. The van der Waals surface area contributed by atoms with Gasteiger partial charge < -0.3 is 14.0 Å². The predicted octanol–water partition coefficient (Wildman–Crippen LogP) is 5.10. The molecule has 0 saturated heterocycles. The molecular formula is C18H29NO3. The van der Waals surface area contributed by atoms with Gasteiger partial charge in [0.25, 0.3) is 0 Å². The molecule has 0 unspecified atom stereocenters. The lowest BCUT2D eigenvalue weighted by Crippen LogP contribution is -2.01. The number of hydrogen-bond donors (Lipinski definition) is 0. The van der Waals surface area contributed by atoms with E-state index in [1.165, 1.54) is 0 Å². The average molecular weight is 307 g/mol. The average Bonchev–Trinajstić information content (AvgIpc) is 3.12. The lowest BCUT2D eigenvalue weighted by Gasteiger charge is -2.05. The summed E-state index contributed by atoms with van der Waals surface area (Å²) in [5, 5.41) is 3.77. The van der Waals surface area contributed by atoms with E-state index in [4.69, 9.17) is 14.0 Å². The highest BCUT2D eigenvalue weighted by molar-refractivity contribution is 5.20. The van der Waals surface area contributed by atoms with Gasteiger partial charge in [0.2, 0.25) is 0 Å². The highest BCUT2D eigenvalue weighted by Crippen LogP contribution is 2.08. The molecule has 4 heteroatoms. The van der Waals surface area contributed by atoms with Crippen LogP contribution in [0.3, 0.4) is 0 Å². The van der Waals surface area contributed by atoms with Crippen molar-refractivity contribution in [3.8, 4) is 5.75 Å². The fourth-order valence-corrected chi connectivity index (χ4v) is 1.50. The summed E-state index contributed by atoms with van der Waals surface area (Å²) in [5.74, 6) is 0.918. The Morgan fingerprint density at radius 2 is 1.59 bits per heavy atom. The monoisotopic (exact) mass is 307 g/mol. The molecule has 0 aliphatic rings. The van der Waals surface area contributed by atoms with Crippen molar-refractivity contribution in [3.05, 3.63) is 48.4 Å². The molecule has 0 spiro atoms. The maximum absolute atomic E-state index is 5.58. The predicted molar refractivity (Wildman–Crippen MR) is 90.0 cm³/mol. The van der Waals surface area contributed by atoms with Crippen LogP contribution in [0.25, 0.3) is 0 Å². The van der Waals surface area contributed by atoms with Crippen LogP contribution >= 0.6 is 0 Å². The highest BCUT2D eigenvalue weighted by Gasteiger charge is 1.96. The van der Waals surface area contributed by atoms with Gasteiger partial charge in [-0.2, -0.15) is 0 Å². The van der Waals surface area contributed by atoms with Gasteiger partial charge in [0.15, 0.2) is 0 Å². The largest absolute Gasteiger partial charge is 0.494 e. The zero-order valence-corrected chi connectivity index (χ0v) is 14.2. The van der Waals surface area contributed by atoms with Gasteiger partial charge in [-0.1, -0.05) is 51.1 Å². The summed E-state index contributed by atoms with van der Waals surface area (Å²) >= 11 is 0. The minimum Gasteiger partial charge on any atom is -0.494 e. The molecule has 0 bridgehead atoms. The normalized spacial score (nSPS) is 9.09. The Balaban J connectivity index is 0.00000102. The van der Waals surface area contributed by atoms with Crippen molar-refractivity contribution in [2.45, 2.75) is 47.1 Å². The van der Waals surface area contributed by atoms with Gasteiger partial charge in [0.05, 0.1) is 13.2 Å². The maximum Gasteiger partial charge on any atom is 0.124 e. The third kappa shape index (κ3) is 10.00. The number of ether oxygens (including phenoxy) is 2. The number of nitrogens with zero attached hydrogens (tertiary/aromatic N) is 1. The maximum atomic E-state index is 5.58. The zero-order chi connectivity index (χ0) is 16.5. The molecule has 2 rings (SSSR count). The van der Waals surface area contributed by atoms with Crippen molar-refractivity contribution < 1.29 is 14.0 Å². The van der Waals surface area contributed by atoms with Gasteiger partial charge in [-0.15, -0.1) is 0 Å². The molecule has 0 aliphatic carbocycles. The Morgan fingerprint density at radius 3 is 2.23 bits per heavy atom. The first-order valence-corrected chi connectivity index (χ1v) is 8.10. The molecule has 0 atom stereocenters. The molecule has 2 aromatic rings. The zero-order valence-electron chi connectivity index (χ0n) is 14.2. The molecule has 1 aromatic carbocycles. The molecule has 4 nitrogen and oxygen atoms in total. The quantitative estimate of drug-likeness (QED) is 0.636. The molecule has 0 amide bonds. The number of benzene rings is 1. The van der Waals surface area contributed by atoms with Crippen molar-refractivity contribution in [1.29, 1.82) is 0 Å². The second-order valence-electron chi connectivity index (χ2n) is 3.91. The Hall–Kier alpha value is -1.81.